The highest BCUT2D eigenvalue weighted by molar-refractivity contribution is 6.31. The van der Waals surface area contributed by atoms with Crippen LogP contribution in [0.4, 0.5) is 14.9 Å². The molecule has 2 aromatic heterocycles. The molecule has 0 bridgehead atoms. The third kappa shape index (κ3) is 4.83. The van der Waals surface area contributed by atoms with Crippen LogP contribution in [-0.2, 0) is 11.3 Å². The first-order valence-corrected chi connectivity index (χ1v) is 13.1. The van der Waals surface area contributed by atoms with Crippen molar-refractivity contribution in [3.8, 4) is 0 Å². The van der Waals surface area contributed by atoms with E-state index in [1.807, 2.05) is 13.8 Å². The maximum atomic E-state index is 15.3. The molecule has 0 saturated heterocycles. The number of fused-ring (bicyclic) bond motifs is 1. The zero-order valence-electron chi connectivity index (χ0n) is 22.0. The van der Waals surface area contributed by atoms with Crippen LogP contribution in [0.15, 0.2) is 42.5 Å². The number of ether oxygens (including phenoxy) is 1. The zero-order valence-corrected chi connectivity index (χ0v) is 23.5. The molecule has 1 aliphatic rings. The Balaban J connectivity index is 1.62. The van der Waals surface area contributed by atoms with Crippen molar-refractivity contribution in [1.82, 2.24) is 24.8 Å². The van der Waals surface area contributed by atoms with E-state index in [4.69, 9.17) is 27.9 Å². The molecule has 4 aromatic rings. The van der Waals surface area contributed by atoms with Gasteiger partial charge in [0.25, 0.3) is 5.91 Å². The number of benzene rings is 2. The number of rotatable bonds is 5. The Morgan fingerprint density at radius 1 is 1.15 bits per heavy atom. The van der Waals surface area contributed by atoms with E-state index in [9.17, 15) is 9.59 Å². The lowest BCUT2D eigenvalue weighted by Gasteiger charge is -2.28. The number of halogens is 3. The summed E-state index contributed by atoms with van der Waals surface area (Å²) in [5, 5.41) is 11.8. The minimum atomic E-state index is -0.696. The third-order valence-corrected chi connectivity index (χ3v) is 6.85. The van der Waals surface area contributed by atoms with Gasteiger partial charge < -0.3 is 4.74 Å². The summed E-state index contributed by atoms with van der Waals surface area (Å²) < 4.78 is 23.6. The summed E-state index contributed by atoms with van der Waals surface area (Å²) in [6, 6.07) is 10.9. The van der Waals surface area contributed by atoms with Crippen molar-refractivity contribution in [1.29, 1.82) is 0 Å². The number of hydrogen-bond donors (Lipinski definition) is 1. The maximum Gasteiger partial charge on any atom is 0.436 e. The van der Waals surface area contributed by atoms with Crippen LogP contribution in [0.3, 0.4) is 0 Å². The third-order valence-electron chi connectivity index (χ3n) is 6.31. The summed E-state index contributed by atoms with van der Waals surface area (Å²) in [6.07, 6.45) is -0.601. The fourth-order valence-corrected chi connectivity index (χ4v) is 5.05. The molecule has 1 N–H and O–H groups in total. The van der Waals surface area contributed by atoms with Gasteiger partial charge in [0, 0.05) is 16.3 Å². The molecule has 12 heteroatoms. The molecule has 5 rings (SSSR count). The van der Waals surface area contributed by atoms with Gasteiger partial charge in [-0.2, -0.15) is 9.78 Å². The van der Waals surface area contributed by atoms with Crippen molar-refractivity contribution in [3.63, 3.8) is 0 Å². The Kier molecular flexibility index (Phi) is 6.80. The molecule has 9 nitrogen and oxygen atoms in total. The highest BCUT2D eigenvalue weighted by Gasteiger charge is 2.45. The van der Waals surface area contributed by atoms with Crippen molar-refractivity contribution in [2.24, 2.45) is 0 Å². The molecule has 0 aliphatic carbocycles. The van der Waals surface area contributed by atoms with Crippen molar-refractivity contribution in [2.75, 3.05) is 4.90 Å². The Morgan fingerprint density at radius 2 is 1.85 bits per heavy atom. The first kappa shape index (κ1) is 27.0. The summed E-state index contributed by atoms with van der Waals surface area (Å²) in [5.74, 6) is -0.875. The van der Waals surface area contributed by atoms with Crippen LogP contribution in [0.2, 0.25) is 10.0 Å². The van der Waals surface area contributed by atoms with Crippen LogP contribution < -0.4 is 4.90 Å². The van der Waals surface area contributed by atoms with Gasteiger partial charge in [-0.3, -0.25) is 14.4 Å². The van der Waals surface area contributed by atoms with Gasteiger partial charge in [0.1, 0.15) is 12.1 Å². The number of carbonyl (C=O) groups is 2. The molecule has 0 saturated carbocycles. The molecule has 0 fully saturated rings. The number of aromatic nitrogens is 5. The minimum Gasteiger partial charge on any atom is -0.442 e. The Labute approximate surface area is 234 Å². The van der Waals surface area contributed by atoms with E-state index in [0.29, 0.717) is 16.4 Å². The van der Waals surface area contributed by atoms with Gasteiger partial charge >= 0.3 is 6.09 Å². The molecular weight excluding hydrogens is 546 g/mol. The summed E-state index contributed by atoms with van der Waals surface area (Å²) in [5.41, 5.74) is 1.68. The number of anilines is 1. The van der Waals surface area contributed by atoms with Gasteiger partial charge in [-0.15, -0.1) is 5.10 Å². The predicted molar refractivity (Wildman–Crippen MR) is 145 cm³/mol. The molecule has 0 radical (unpaired) electrons. The largest absolute Gasteiger partial charge is 0.442 e. The standard InChI is InChI=1S/C27H27Cl2FN6O3/c1-14(2)23-20-22(32-34(23)13-19-31-33-36(19)26(38)39-27(3,4)5)25(37)35(18-8-6-7-17(29)21(18)30)24(20)15-9-11-16(28)12-10-15/h6-12,14,24,33H,13H2,1-5H3. The molecule has 39 heavy (non-hydrogen) atoms. The topological polar surface area (TPSA) is 98.0 Å². The quantitative estimate of drug-likeness (QED) is 0.292. The van der Waals surface area contributed by atoms with Crippen LogP contribution in [0.25, 0.3) is 0 Å². The Hall–Kier alpha value is -3.63. The van der Waals surface area contributed by atoms with Gasteiger partial charge in [-0.1, -0.05) is 55.2 Å². The summed E-state index contributed by atoms with van der Waals surface area (Å²) >= 11 is 12.2. The van der Waals surface area contributed by atoms with Crippen molar-refractivity contribution in [2.45, 2.75) is 58.7 Å². The maximum absolute atomic E-state index is 15.3. The number of carbonyl (C=O) groups excluding carboxylic acids is 2. The van der Waals surface area contributed by atoms with E-state index >= 15 is 4.39 Å². The minimum absolute atomic E-state index is 0.0513. The number of nitrogens with one attached hydrogen (secondary N) is 1. The fraction of sp³-hybridized carbons (Fsp3) is 0.333. The monoisotopic (exact) mass is 572 g/mol. The van der Waals surface area contributed by atoms with E-state index in [0.717, 1.165) is 11.3 Å². The smallest absolute Gasteiger partial charge is 0.436 e. The lowest BCUT2D eigenvalue weighted by atomic mass is 9.94. The van der Waals surface area contributed by atoms with Crippen LogP contribution in [0.5, 0.6) is 0 Å². The van der Waals surface area contributed by atoms with E-state index in [1.165, 1.54) is 21.7 Å². The molecule has 0 spiro atoms. The van der Waals surface area contributed by atoms with Crippen LogP contribution >= 0.6 is 23.2 Å². The van der Waals surface area contributed by atoms with Gasteiger partial charge in [0.15, 0.2) is 17.3 Å². The summed E-state index contributed by atoms with van der Waals surface area (Å²) in [6.45, 7) is 9.38. The average Bonchev–Trinajstić information content (AvgIpc) is 3.32. The average molecular weight is 573 g/mol. The van der Waals surface area contributed by atoms with Crippen LogP contribution in [-0.4, -0.2) is 42.4 Å². The summed E-state index contributed by atoms with van der Waals surface area (Å²) in [7, 11) is 0. The van der Waals surface area contributed by atoms with Crippen molar-refractivity contribution >= 4 is 40.9 Å². The lowest BCUT2D eigenvalue weighted by Crippen LogP contribution is -2.35. The van der Waals surface area contributed by atoms with E-state index < -0.39 is 29.5 Å². The second-order valence-corrected chi connectivity index (χ2v) is 11.4. The first-order chi connectivity index (χ1) is 18.4. The number of aromatic amines is 1. The highest BCUT2D eigenvalue weighted by atomic mass is 35.5. The van der Waals surface area contributed by atoms with Gasteiger partial charge in [-0.05, 0) is 56.5 Å². The molecule has 1 aliphatic heterocycles. The normalized spacial score (nSPS) is 15.4. The molecule has 204 valence electrons. The zero-order chi connectivity index (χ0) is 28.2. The first-order valence-electron chi connectivity index (χ1n) is 12.4. The van der Waals surface area contributed by atoms with Crippen molar-refractivity contribution < 1.29 is 18.7 Å². The molecular formula is C27H27Cl2FN6O3. The highest BCUT2D eigenvalue weighted by Crippen LogP contribution is 2.46. The summed E-state index contributed by atoms with van der Waals surface area (Å²) in [4.78, 5) is 27.9. The second kappa shape index (κ2) is 9.84. The SMILES string of the molecule is CC(C)c1c2c(nn1Cc1n[nH]n1C(=O)OC(C)(C)C)C(=O)N(c1cccc(Cl)c1F)C2c1ccc(Cl)cc1. The van der Waals surface area contributed by atoms with Gasteiger partial charge in [-0.25, -0.2) is 14.4 Å². The lowest BCUT2D eigenvalue weighted by molar-refractivity contribution is 0.0477. The molecule has 1 amide bonds. The number of hydrogen-bond acceptors (Lipinski definition) is 5. The van der Waals surface area contributed by atoms with E-state index in [2.05, 4.69) is 15.4 Å². The molecule has 2 aromatic carbocycles. The van der Waals surface area contributed by atoms with Gasteiger partial charge in [0.2, 0.25) is 0 Å². The van der Waals surface area contributed by atoms with Crippen LogP contribution in [0, 0.1) is 5.82 Å². The van der Waals surface area contributed by atoms with Crippen molar-refractivity contribution in [3.05, 3.63) is 86.7 Å². The Bertz CT molecular complexity index is 1570. The second-order valence-electron chi connectivity index (χ2n) is 10.6. The fourth-order valence-electron chi connectivity index (χ4n) is 4.76. The molecule has 1 unspecified atom stereocenters. The predicted octanol–water partition coefficient (Wildman–Crippen LogP) is 6.56. The Morgan fingerprint density at radius 3 is 2.44 bits per heavy atom. The number of H-pyrrole nitrogens is 1. The van der Waals surface area contributed by atoms with E-state index in [-0.39, 0.29) is 28.9 Å². The molecule has 1 atom stereocenters. The number of amides is 1. The van der Waals surface area contributed by atoms with Gasteiger partial charge in [0.05, 0.1) is 16.8 Å². The number of nitrogens with zero attached hydrogens (tertiary/aromatic N) is 5. The van der Waals surface area contributed by atoms with E-state index in [1.54, 1.807) is 55.8 Å². The van der Waals surface area contributed by atoms with Crippen LogP contribution in [0.1, 0.15) is 79.7 Å². The molecule has 3 heterocycles.